The lowest BCUT2D eigenvalue weighted by molar-refractivity contribution is -0.131. The van der Waals surface area contributed by atoms with Crippen LogP contribution >= 0.6 is 0 Å². The molecule has 18 heavy (non-hydrogen) atoms. The van der Waals surface area contributed by atoms with Crippen molar-refractivity contribution in [2.75, 3.05) is 13.1 Å². The van der Waals surface area contributed by atoms with E-state index >= 15 is 0 Å². The predicted molar refractivity (Wildman–Crippen MR) is 72.0 cm³/mol. The van der Waals surface area contributed by atoms with Crippen LogP contribution in [0.3, 0.4) is 0 Å². The van der Waals surface area contributed by atoms with E-state index < -0.39 is 0 Å². The summed E-state index contributed by atoms with van der Waals surface area (Å²) in [5, 5.41) is 0. The molecule has 102 valence electrons. The number of hydrogen-bond donors (Lipinski definition) is 1. The Kier molecular flexibility index (Phi) is 3.35. The third-order valence-electron chi connectivity index (χ3n) is 5.47. The van der Waals surface area contributed by atoms with Crippen LogP contribution in [0.1, 0.15) is 57.8 Å². The number of amides is 1. The van der Waals surface area contributed by atoms with E-state index in [9.17, 15) is 4.79 Å². The molecular weight excluding hydrogens is 224 g/mol. The van der Waals surface area contributed by atoms with Crippen molar-refractivity contribution >= 4 is 5.91 Å². The summed E-state index contributed by atoms with van der Waals surface area (Å²) in [4.78, 5) is 14.4. The third-order valence-corrected chi connectivity index (χ3v) is 5.47. The summed E-state index contributed by atoms with van der Waals surface area (Å²) in [7, 11) is 0. The molecule has 2 saturated carbocycles. The number of nitrogens with zero attached hydrogens (tertiary/aromatic N) is 1. The van der Waals surface area contributed by atoms with Crippen molar-refractivity contribution in [1.82, 2.24) is 4.90 Å². The van der Waals surface area contributed by atoms with Gasteiger partial charge in [-0.1, -0.05) is 25.7 Å². The van der Waals surface area contributed by atoms with E-state index in [4.69, 9.17) is 5.73 Å². The highest BCUT2D eigenvalue weighted by molar-refractivity contribution is 5.77. The molecule has 2 N–H and O–H groups in total. The van der Waals surface area contributed by atoms with Gasteiger partial charge in [-0.2, -0.15) is 0 Å². The zero-order chi connectivity index (χ0) is 12.6. The Morgan fingerprint density at radius 1 is 1.17 bits per heavy atom. The van der Waals surface area contributed by atoms with Gasteiger partial charge in [-0.05, 0) is 37.5 Å². The van der Waals surface area contributed by atoms with E-state index in [0.717, 1.165) is 25.9 Å². The van der Waals surface area contributed by atoms with Gasteiger partial charge in [0.25, 0.3) is 0 Å². The second-order valence-corrected chi connectivity index (χ2v) is 6.80. The molecule has 0 aromatic carbocycles. The summed E-state index contributed by atoms with van der Waals surface area (Å²) >= 11 is 0. The van der Waals surface area contributed by atoms with Crippen LogP contribution in [0.5, 0.6) is 0 Å². The lowest BCUT2D eigenvalue weighted by atomic mass is 9.86. The van der Waals surface area contributed by atoms with Crippen LogP contribution in [0.2, 0.25) is 0 Å². The number of hydrogen-bond acceptors (Lipinski definition) is 2. The summed E-state index contributed by atoms with van der Waals surface area (Å²) < 4.78 is 0. The SMILES string of the molecule is NC12CCCC1CN(C(=O)CC1CCCCC1)C2. The standard InChI is InChI=1S/C15H26N2O/c16-15-8-4-7-13(15)10-17(11-15)14(18)9-12-5-2-1-3-6-12/h12-13H,1-11,16H2. The van der Waals surface area contributed by atoms with Gasteiger partial charge in [0.1, 0.15) is 0 Å². The summed E-state index contributed by atoms with van der Waals surface area (Å²) in [5.74, 6) is 1.61. The van der Waals surface area contributed by atoms with Crippen LogP contribution < -0.4 is 5.73 Å². The fraction of sp³-hybridized carbons (Fsp3) is 0.933. The lowest BCUT2D eigenvalue weighted by Gasteiger charge is -2.26. The Morgan fingerprint density at radius 3 is 2.67 bits per heavy atom. The summed E-state index contributed by atoms with van der Waals surface area (Å²) in [6.45, 7) is 1.76. The van der Waals surface area contributed by atoms with E-state index in [0.29, 0.717) is 17.7 Å². The Labute approximate surface area is 110 Å². The van der Waals surface area contributed by atoms with Crippen LogP contribution in [0.15, 0.2) is 0 Å². The monoisotopic (exact) mass is 250 g/mol. The lowest BCUT2D eigenvalue weighted by Crippen LogP contribution is -2.45. The molecule has 1 heterocycles. The van der Waals surface area contributed by atoms with Crippen LogP contribution in [0.25, 0.3) is 0 Å². The predicted octanol–water partition coefficient (Wildman–Crippen LogP) is 2.30. The normalized spacial score (nSPS) is 36.9. The molecule has 2 atom stereocenters. The van der Waals surface area contributed by atoms with Crippen molar-refractivity contribution in [3.63, 3.8) is 0 Å². The summed E-state index contributed by atoms with van der Waals surface area (Å²) in [5.41, 5.74) is 6.39. The molecule has 1 aliphatic heterocycles. The fourth-order valence-electron chi connectivity index (χ4n) is 4.29. The van der Waals surface area contributed by atoms with Crippen LogP contribution in [0, 0.1) is 11.8 Å². The maximum absolute atomic E-state index is 12.4. The minimum atomic E-state index is -0.0395. The van der Waals surface area contributed by atoms with Crippen molar-refractivity contribution in [2.24, 2.45) is 17.6 Å². The molecule has 2 unspecified atom stereocenters. The minimum absolute atomic E-state index is 0.0395. The average Bonchev–Trinajstić information content (AvgIpc) is 2.85. The number of carbonyl (C=O) groups excluding carboxylic acids is 1. The first-order valence-electron chi connectivity index (χ1n) is 7.74. The first-order chi connectivity index (χ1) is 8.67. The molecule has 0 bridgehead atoms. The van der Waals surface area contributed by atoms with Gasteiger partial charge in [-0.3, -0.25) is 4.79 Å². The van der Waals surface area contributed by atoms with Gasteiger partial charge >= 0.3 is 0 Å². The second-order valence-electron chi connectivity index (χ2n) is 6.80. The van der Waals surface area contributed by atoms with E-state index in [1.807, 2.05) is 0 Å². The van der Waals surface area contributed by atoms with Gasteiger partial charge in [0.15, 0.2) is 0 Å². The van der Waals surface area contributed by atoms with Crippen molar-refractivity contribution in [2.45, 2.75) is 63.3 Å². The summed E-state index contributed by atoms with van der Waals surface area (Å²) in [6, 6.07) is 0. The maximum atomic E-state index is 12.4. The number of likely N-dealkylation sites (tertiary alicyclic amines) is 1. The molecule has 3 fully saturated rings. The average molecular weight is 250 g/mol. The quantitative estimate of drug-likeness (QED) is 0.817. The zero-order valence-corrected chi connectivity index (χ0v) is 11.4. The fourth-order valence-corrected chi connectivity index (χ4v) is 4.29. The van der Waals surface area contributed by atoms with Crippen molar-refractivity contribution in [3.05, 3.63) is 0 Å². The highest BCUT2D eigenvalue weighted by Gasteiger charge is 2.47. The highest BCUT2D eigenvalue weighted by atomic mass is 16.2. The molecule has 0 aromatic rings. The molecule has 1 saturated heterocycles. The van der Waals surface area contributed by atoms with Crippen LogP contribution in [-0.2, 0) is 4.79 Å². The zero-order valence-electron chi connectivity index (χ0n) is 11.4. The van der Waals surface area contributed by atoms with E-state index in [-0.39, 0.29) is 5.54 Å². The van der Waals surface area contributed by atoms with E-state index in [2.05, 4.69) is 4.90 Å². The van der Waals surface area contributed by atoms with Crippen LogP contribution in [0.4, 0.5) is 0 Å². The molecule has 3 rings (SSSR count). The molecule has 0 spiro atoms. The molecule has 2 aliphatic carbocycles. The van der Waals surface area contributed by atoms with Crippen molar-refractivity contribution in [3.8, 4) is 0 Å². The van der Waals surface area contributed by atoms with Gasteiger partial charge < -0.3 is 10.6 Å². The van der Waals surface area contributed by atoms with Crippen molar-refractivity contribution in [1.29, 1.82) is 0 Å². The van der Waals surface area contributed by atoms with Crippen LogP contribution in [-0.4, -0.2) is 29.4 Å². The number of carbonyl (C=O) groups is 1. The second kappa shape index (κ2) is 4.84. The number of nitrogens with two attached hydrogens (primary N) is 1. The molecule has 3 heteroatoms. The highest BCUT2D eigenvalue weighted by Crippen LogP contribution is 2.40. The van der Waals surface area contributed by atoms with E-state index in [1.165, 1.54) is 44.9 Å². The minimum Gasteiger partial charge on any atom is -0.340 e. The van der Waals surface area contributed by atoms with Gasteiger partial charge in [-0.25, -0.2) is 0 Å². The Balaban J connectivity index is 1.54. The molecule has 3 aliphatic rings. The smallest absolute Gasteiger partial charge is 0.222 e. The van der Waals surface area contributed by atoms with Gasteiger partial charge in [0, 0.05) is 25.0 Å². The summed E-state index contributed by atoms with van der Waals surface area (Å²) in [6.07, 6.45) is 10.9. The van der Waals surface area contributed by atoms with Gasteiger partial charge in [-0.15, -0.1) is 0 Å². The first kappa shape index (κ1) is 12.5. The first-order valence-corrected chi connectivity index (χ1v) is 7.74. The number of fused-ring (bicyclic) bond motifs is 1. The Hall–Kier alpha value is -0.570. The largest absolute Gasteiger partial charge is 0.340 e. The van der Waals surface area contributed by atoms with Gasteiger partial charge in [0.2, 0.25) is 5.91 Å². The topological polar surface area (TPSA) is 46.3 Å². The maximum Gasteiger partial charge on any atom is 0.222 e. The molecular formula is C15H26N2O. The third kappa shape index (κ3) is 2.29. The van der Waals surface area contributed by atoms with Gasteiger partial charge in [0.05, 0.1) is 0 Å². The molecule has 0 aromatic heterocycles. The Morgan fingerprint density at radius 2 is 1.94 bits per heavy atom. The molecule has 3 nitrogen and oxygen atoms in total. The van der Waals surface area contributed by atoms with Crippen molar-refractivity contribution < 1.29 is 4.79 Å². The number of rotatable bonds is 2. The molecule has 0 radical (unpaired) electrons. The molecule has 1 amide bonds. The van der Waals surface area contributed by atoms with E-state index in [1.54, 1.807) is 0 Å². The Bertz CT molecular complexity index is 324.